The van der Waals surface area contributed by atoms with E-state index >= 15 is 0 Å². The van der Waals surface area contributed by atoms with Gasteiger partial charge in [0.25, 0.3) is 0 Å². The summed E-state index contributed by atoms with van der Waals surface area (Å²) in [5.74, 6) is 1.97. The van der Waals surface area contributed by atoms with E-state index in [9.17, 15) is 5.11 Å². The summed E-state index contributed by atoms with van der Waals surface area (Å²) in [6.07, 6.45) is 3.81. The minimum Gasteiger partial charge on any atom is -0.385 e. The maximum atomic E-state index is 10.7. The zero-order valence-corrected chi connectivity index (χ0v) is 17.5. The first-order chi connectivity index (χ1) is 13.9. The predicted molar refractivity (Wildman–Crippen MR) is 116 cm³/mol. The van der Waals surface area contributed by atoms with Crippen molar-refractivity contribution in [3.05, 3.63) is 53.2 Å². The Morgan fingerprint density at radius 3 is 2.62 bits per heavy atom. The van der Waals surface area contributed by atoms with Crippen molar-refractivity contribution >= 4 is 37.6 Å². The maximum absolute atomic E-state index is 10.7. The average molecular weight is 406 g/mol. The van der Waals surface area contributed by atoms with Crippen LogP contribution in [0.4, 0.5) is 5.82 Å². The molecule has 0 saturated heterocycles. The second kappa shape index (κ2) is 6.71. The molecular weight excluding hydrogens is 382 g/mol. The van der Waals surface area contributed by atoms with Gasteiger partial charge in [-0.1, -0.05) is 24.3 Å². The number of rotatable bonds is 5. The summed E-state index contributed by atoms with van der Waals surface area (Å²) in [6.45, 7) is 6.47. The third kappa shape index (κ3) is 3.24. The number of aryl methyl sites for hydroxylation is 2. The summed E-state index contributed by atoms with van der Waals surface area (Å²) in [5.41, 5.74) is 3.25. The molecule has 1 unspecified atom stereocenters. The van der Waals surface area contributed by atoms with Crippen molar-refractivity contribution in [2.75, 3.05) is 5.32 Å². The van der Waals surface area contributed by atoms with E-state index in [-0.39, 0.29) is 0 Å². The number of benzene rings is 1. The van der Waals surface area contributed by atoms with E-state index in [0.717, 1.165) is 61.7 Å². The molecule has 1 fully saturated rings. The molecular formula is C22H23N5OS. The molecule has 0 bridgehead atoms. The summed E-state index contributed by atoms with van der Waals surface area (Å²) in [7, 11) is 0. The first-order valence-corrected chi connectivity index (χ1v) is 10.7. The second-order valence-electron chi connectivity index (χ2n) is 8.01. The molecule has 29 heavy (non-hydrogen) atoms. The predicted octanol–water partition coefficient (Wildman–Crippen LogP) is 4.48. The van der Waals surface area contributed by atoms with Crippen LogP contribution in [0.15, 0.2) is 30.6 Å². The van der Waals surface area contributed by atoms with E-state index in [2.05, 4.69) is 37.4 Å². The van der Waals surface area contributed by atoms with Gasteiger partial charge >= 0.3 is 0 Å². The van der Waals surface area contributed by atoms with Gasteiger partial charge in [-0.05, 0) is 50.7 Å². The van der Waals surface area contributed by atoms with E-state index < -0.39 is 5.60 Å². The molecule has 1 aromatic carbocycles. The lowest BCUT2D eigenvalue weighted by Gasteiger charge is -2.23. The smallest absolute Gasteiger partial charge is 0.147 e. The zero-order chi connectivity index (χ0) is 20.2. The number of hydrogen-bond acceptors (Lipinski definition) is 7. The Bertz CT molecular complexity index is 1210. The molecule has 5 rings (SSSR count). The molecule has 2 N–H and O–H groups in total. The molecule has 0 aliphatic heterocycles. The van der Waals surface area contributed by atoms with Crippen molar-refractivity contribution in [3.63, 3.8) is 0 Å². The maximum Gasteiger partial charge on any atom is 0.147 e. The number of hydrogen-bond donors (Lipinski definition) is 2. The molecule has 0 radical (unpaired) electrons. The lowest BCUT2D eigenvalue weighted by atomic mass is 9.90. The van der Waals surface area contributed by atoms with Crippen LogP contribution < -0.4 is 5.32 Å². The van der Waals surface area contributed by atoms with Gasteiger partial charge in [0.2, 0.25) is 0 Å². The van der Waals surface area contributed by atoms with Gasteiger partial charge in [0.15, 0.2) is 0 Å². The third-order valence-electron chi connectivity index (χ3n) is 5.78. The third-order valence-corrected chi connectivity index (χ3v) is 6.86. The number of nitrogens with one attached hydrogen (secondary N) is 1. The molecule has 0 spiro atoms. The van der Waals surface area contributed by atoms with E-state index in [4.69, 9.17) is 0 Å². The first kappa shape index (κ1) is 18.4. The molecule has 0 amide bonds. The molecule has 4 aromatic rings. The van der Waals surface area contributed by atoms with Crippen LogP contribution in [-0.2, 0) is 12.1 Å². The monoisotopic (exact) mass is 405 g/mol. The van der Waals surface area contributed by atoms with E-state index in [1.165, 1.54) is 0 Å². The highest BCUT2D eigenvalue weighted by atomic mass is 32.1. The van der Waals surface area contributed by atoms with Gasteiger partial charge in [-0.25, -0.2) is 19.9 Å². The Morgan fingerprint density at radius 2 is 1.90 bits per heavy atom. The molecule has 7 heteroatoms. The Hall–Kier alpha value is -2.64. The normalized spacial score (nSPS) is 16.3. The van der Waals surface area contributed by atoms with Gasteiger partial charge in [0, 0.05) is 6.54 Å². The van der Waals surface area contributed by atoms with Crippen LogP contribution >= 0.6 is 11.3 Å². The highest BCUT2D eigenvalue weighted by molar-refractivity contribution is 7.26. The van der Waals surface area contributed by atoms with Gasteiger partial charge in [0.05, 0.1) is 26.9 Å². The Kier molecular flexibility index (Phi) is 4.26. The largest absolute Gasteiger partial charge is 0.385 e. The summed E-state index contributed by atoms with van der Waals surface area (Å²) in [4.78, 5) is 18.9. The van der Waals surface area contributed by atoms with Crippen LogP contribution in [0.1, 0.15) is 42.4 Å². The zero-order valence-electron chi connectivity index (χ0n) is 16.7. The van der Waals surface area contributed by atoms with Crippen LogP contribution in [0.5, 0.6) is 0 Å². The SMILES string of the molecule is Cc1nc(C)c2c(n1)sc1c(NCc3ccc(C(C)(O)C4CC4)cc3)ncnc12. The van der Waals surface area contributed by atoms with Crippen molar-refractivity contribution in [3.8, 4) is 0 Å². The highest BCUT2D eigenvalue weighted by Gasteiger charge is 2.41. The Labute approximate surface area is 173 Å². The molecule has 1 saturated carbocycles. The van der Waals surface area contributed by atoms with Gasteiger partial charge in [-0.2, -0.15) is 0 Å². The van der Waals surface area contributed by atoms with Crippen molar-refractivity contribution < 1.29 is 5.11 Å². The molecule has 3 aromatic heterocycles. The standard InChI is InChI=1S/C22H23N5OS/c1-12-17-18-19(29-21(17)27-13(2)26-12)20(25-11-24-18)23-10-14-4-6-15(7-5-14)22(3,28)16-8-9-16/h4-7,11,16,28H,8-10H2,1-3H3,(H,23,24,25). The molecule has 1 aliphatic rings. The number of nitrogens with zero attached hydrogens (tertiary/aromatic N) is 4. The van der Waals surface area contributed by atoms with Crippen molar-refractivity contribution in [2.24, 2.45) is 5.92 Å². The van der Waals surface area contributed by atoms with Crippen molar-refractivity contribution in [2.45, 2.75) is 45.8 Å². The van der Waals surface area contributed by atoms with Crippen LogP contribution in [-0.4, -0.2) is 25.0 Å². The minimum absolute atomic E-state index is 0.393. The van der Waals surface area contributed by atoms with Crippen LogP contribution in [0, 0.1) is 19.8 Å². The van der Waals surface area contributed by atoms with Crippen LogP contribution in [0.3, 0.4) is 0 Å². The molecule has 1 aliphatic carbocycles. The summed E-state index contributed by atoms with van der Waals surface area (Å²) in [5, 5.41) is 15.2. The number of aromatic nitrogens is 4. The fourth-order valence-electron chi connectivity index (χ4n) is 3.93. The van der Waals surface area contributed by atoms with Crippen LogP contribution in [0.2, 0.25) is 0 Å². The highest BCUT2D eigenvalue weighted by Crippen LogP contribution is 2.45. The van der Waals surface area contributed by atoms with E-state index in [1.807, 2.05) is 32.9 Å². The fourth-order valence-corrected chi connectivity index (χ4v) is 5.12. The fraction of sp³-hybridized carbons (Fsp3) is 0.364. The second-order valence-corrected chi connectivity index (χ2v) is 9.01. The molecule has 148 valence electrons. The van der Waals surface area contributed by atoms with Crippen LogP contribution in [0.25, 0.3) is 20.4 Å². The van der Waals surface area contributed by atoms with Crippen molar-refractivity contribution in [1.82, 2.24) is 19.9 Å². The Balaban J connectivity index is 1.41. The lowest BCUT2D eigenvalue weighted by molar-refractivity contribution is 0.0331. The van der Waals surface area contributed by atoms with Gasteiger partial charge in [-0.3, -0.25) is 0 Å². The average Bonchev–Trinajstić information content (AvgIpc) is 3.48. The summed E-state index contributed by atoms with van der Waals surface area (Å²) >= 11 is 1.60. The van der Waals surface area contributed by atoms with Gasteiger partial charge < -0.3 is 10.4 Å². The van der Waals surface area contributed by atoms with Crippen molar-refractivity contribution in [1.29, 1.82) is 0 Å². The van der Waals surface area contributed by atoms with E-state index in [0.29, 0.717) is 12.5 Å². The topological polar surface area (TPSA) is 83.8 Å². The summed E-state index contributed by atoms with van der Waals surface area (Å²) in [6, 6.07) is 8.21. The quantitative estimate of drug-likeness (QED) is 0.509. The Morgan fingerprint density at radius 1 is 1.14 bits per heavy atom. The van der Waals surface area contributed by atoms with Gasteiger partial charge in [0.1, 0.15) is 22.8 Å². The van der Waals surface area contributed by atoms with E-state index in [1.54, 1.807) is 17.7 Å². The summed E-state index contributed by atoms with van der Waals surface area (Å²) < 4.78 is 0.999. The molecule has 1 atom stereocenters. The number of anilines is 1. The molecule has 6 nitrogen and oxygen atoms in total. The number of thiophene rings is 1. The molecule has 3 heterocycles. The minimum atomic E-state index is -0.723. The van der Waals surface area contributed by atoms with Gasteiger partial charge in [-0.15, -0.1) is 11.3 Å². The first-order valence-electron chi connectivity index (χ1n) is 9.87. The number of fused-ring (bicyclic) bond motifs is 3. The lowest BCUT2D eigenvalue weighted by Crippen LogP contribution is -2.23. The number of aliphatic hydroxyl groups is 1.